The monoisotopic (exact) mass is 313 g/mol. The van der Waals surface area contributed by atoms with Crippen LogP contribution in [-0.2, 0) is 21.4 Å². The molecule has 1 aromatic heterocycles. The van der Waals surface area contributed by atoms with Gasteiger partial charge in [0, 0.05) is 6.42 Å². The van der Waals surface area contributed by atoms with Crippen molar-refractivity contribution in [2.24, 2.45) is 5.14 Å². The molecule has 0 bridgehead atoms. The molecule has 3 N–H and O–H groups in total. The second-order valence-electron chi connectivity index (χ2n) is 4.14. The second-order valence-corrected chi connectivity index (χ2v) is 5.70. The number of rotatable bonds is 5. The molecule has 0 saturated heterocycles. The number of hydrogen-bond donors (Lipinski definition) is 2. The van der Waals surface area contributed by atoms with Gasteiger partial charge in [0.15, 0.2) is 0 Å². The van der Waals surface area contributed by atoms with Crippen LogP contribution >= 0.6 is 0 Å². The van der Waals surface area contributed by atoms with Gasteiger partial charge in [0.2, 0.25) is 15.9 Å². The molecular weight excluding hydrogens is 301 g/mol. The lowest BCUT2D eigenvalue weighted by Crippen LogP contribution is -2.17. The fourth-order valence-corrected chi connectivity index (χ4v) is 2.09. The summed E-state index contributed by atoms with van der Waals surface area (Å²) < 4.78 is 37.4. The van der Waals surface area contributed by atoms with Gasteiger partial charge >= 0.3 is 0 Å². The largest absolute Gasteiger partial charge is 0.324 e. The van der Waals surface area contributed by atoms with E-state index in [2.05, 4.69) is 15.4 Å². The zero-order chi connectivity index (χ0) is 15.5. The predicted octanol–water partition coefficient (Wildman–Crippen LogP) is 0.0934. The average molecular weight is 313 g/mol. The number of carbonyl (C=O) groups excluding carboxylic acids is 1. The summed E-state index contributed by atoms with van der Waals surface area (Å²) in [6.45, 7) is 0.266. The molecule has 112 valence electrons. The highest BCUT2D eigenvalue weighted by Crippen LogP contribution is 2.18. The number of anilines is 1. The highest BCUT2D eigenvalue weighted by molar-refractivity contribution is 7.89. The molecule has 1 amide bonds. The van der Waals surface area contributed by atoms with Gasteiger partial charge in [-0.05, 0) is 18.2 Å². The maximum absolute atomic E-state index is 13.6. The first-order valence-electron chi connectivity index (χ1n) is 5.81. The normalized spacial score (nSPS) is 11.3. The topological polar surface area (TPSA) is 120 Å². The minimum absolute atomic E-state index is 0.0302. The molecule has 0 fully saturated rings. The number of nitrogens with zero attached hydrogens (tertiary/aromatic N) is 3. The Kier molecular flexibility index (Phi) is 4.29. The summed E-state index contributed by atoms with van der Waals surface area (Å²) in [4.78, 5) is 15.1. The highest BCUT2D eigenvalue weighted by Gasteiger charge is 2.13. The predicted molar refractivity (Wildman–Crippen MR) is 71.0 cm³/mol. The van der Waals surface area contributed by atoms with Crippen LogP contribution in [0.3, 0.4) is 0 Å². The number of aryl methyl sites for hydroxylation is 1. The maximum Gasteiger partial charge on any atom is 0.238 e. The standard InChI is InChI=1S/C11H12FN5O3S/c12-9-2-1-8(21(13,19)20)5-10(9)16-11(18)3-4-17-7-14-6-15-17/h1-2,5-7H,3-4H2,(H,16,18)(H2,13,19,20). The fourth-order valence-electron chi connectivity index (χ4n) is 1.55. The van der Waals surface area contributed by atoms with Crippen molar-refractivity contribution in [2.45, 2.75) is 17.9 Å². The molecule has 2 aromatic rings. The Morgan fingerprint density at radius 1 is 1.43 bits per heavy atom. The van der Waals surface area contributed by atoms with Crippen molar-refractivity contribution in [1.82, 2.24) is 14.8 Å². The van der Waals surface area contributed by atoms with Crippen molar-refractivity contribution in [3.8, 4) is 0 Å². The quantitative estimate of drug-likeness (QED) is 0.810. The van der Waals surface area contributed by atoms with Crippen molar-refractivity contribution in [1.29, 1.82) is 0 Å². The number of nitrogens with two attached hydrogens (primary N) is 1. The van der Waals surface area contributed by atoms with E-state index in [0.29, 0.717) is 0 Å². The lowest BCUT2D eigenvalue weighted by Gasteiger charge is -2.08. The lowest BCUT2D eigenvalue weighted by molar-refractivity contribution is -0.116. The molecule has 0 unspecified atom stereocenters. The van der Waals surface area contributed by atoms with E-state index >= 15 is 0 Å². The van der Waals surface area contributed by atoms with Gasteiger partial charge in [0.1, 0.15) is 18.5 Å². The average Bonchev–Trinajstić information content (AvgIpc) is 2.91. The summed E-state index contributed by atoms with van der Waals surface area (Å²) in [5.74, 6) is -1.24. The fraction of sp³-hybridized carbons (Fsp3) is 0.182. The molecule has 21 heavy (non-hydrogen) atoms. The molecule has 1 aromatic carbocycles. The minimum atomic E-state index is -3.97. The molecule has 0 aliphatic rings. The van der Waals surface area contributed by atoms with Crippen molar-refractivity contribution in [3.63, 3.8) is 0 Å². The number of amides is 1. The summed E-state index contributed by atoms with van der Waals surface area (Å²) in [6.07, 6.45) is 2.80. The van der Waals surface area contributed by atoms with Crippen LogP contribution in [0.2, 0.25) is 0 Å². The molecule has 2 rings (SSSR count). The Morgan fingerprint density at radius 3 is 2.81 bits per heavy atom. The molecule has 0 aliphatic heterocycles. The van der Waals surface area contributed by atoms with Crippen LogP contribution in [0.15, 0.2) is 35.7 Å². The number of aromatic nitrogens is 3. The van der Waals surface area contributed by atoms with Gasteiger partial charge in [0.25, 0.3) is 0 Å². The Labute approximate surface area is 119 Å². The number of halogens is 1. The zero-order valence-corrected chi connectivity index (χ0v) is 11.5. The molecular formula is C11H12FN5O3S. The Balaban J connectivity index is 2.06. The van der Waals surface area contributed by atoms with Crippen LogP contribution < -0.4 is 10.5 Å². The van der Waals surface area contributed by atoms with Crippen LogP contribution in [0.25, 0.3) is 0 Å². The van der Waals surface area contributed by atoms with E-state index in [4.69, 9.17) is 5.14 Å². The molecule has 0 radical (unpaired) electrons. The van der Waals surface area contributed by atoms with E-state index in [1.54, 1.807) is 0 Å². The van der Waals surface area contributed by atoms with Crippen LogP contribution in [0, 0.1) is 5.82 Å². The summed E-state index contributed by atoms with van der Waals surface area (Å²) in [5, 5.41) is 11.1. The van der Waals surface area contributed by atoms with Gasteiger partial charge in [-0.2, -0.15) is 5.10 Å². The smallest absolute Gasteiger partial charge is 0.238 e. The SMILES string of the molecule is NS(=O)(=O)c1ccc(F)c(NC(=O)CCn2cncn2)c1. The Bertz CT molecular complexity index is 745. The molecule has 10 heteroatoms. The van der Waals surface area contributed by atoms with E-state index < -0.39 is 21.7 Å². The number of nitrogens with one attached hydrogen (secondary N) is 1. The third-order valence-corrected chi connectivity index (χ3v) is 3.49. The van der Waals surface area contributed by atoms with E-state index in [1.165, 1.54) is 17.3 Å². The number of sulfonamides is 1. The summed E-state index contributed by atoms with van der Waals surface area (Å²) in [6, 6.07) is 2.92. The summed E-state index contributed by atoms with van der Waals surface area (Å²) >= 11 is 0. The molecule has 0 aliphatic carbocycles. The number of carbonyl (C=O) groups is 1. The summed E-state index contributed by atoms with van der Waals surface area (Å²) in [5.41, 5.74) is -0.245. The van der Waals surface area contributed by atoms with Gasteiger partial charge in [-0.3, -0.25) is 9.48 Å². The Hall–Kier alpha value is -2.33. The Morgan fingerprint density at radius 2 is 2.19 bits per heavy atom. The van der Waals surface area contributed by atoms with Crippen LogP contribution in [0.4, 0.5) is 10.1 Å². The third-order valence-electron chi connectivity index (χ3n) is 2.57. The molecule has 8 nitrogen and oxygen atoms in total. The van der Waals surface area contributed by atoms with Gasteiger partial charge in [-0.1, -0.05) is 0 Å². The lowest BCUT2D eigenvalue weighted by atomic mass is 10.3. The van der Waals surface area contributed by atoms with Gasteiger partial charge in [0.05, 0.1) is 17.1 Å². The second kappa shape index (κ2) is 5.97. The van der Waals surface area contributed by atoms with E-state index in [0.717, 1.165) is 18.2 Å². The number of hydrogen-bond acceptors (Lipinski definition) is 5. The minimum Gasteiger partial charge on any atom is -0.324 e. The number of primary sulfonamides is 1. The van der Waals surface area contributed by atoms with Gasteiger partial charge < -0.3 is 5.32 Å². The van der Waals surface area contributed by atoms with Crippen molar-refractivity contribution >= 4 is 21.6 Å². The van der Waals surface area contributed by atoms with E-state index in [1.807, 2.05) is 0 Å². The first-order chi connectivity index (χ1) is 9.86. The third kappa shape index (κ3) is 4.07. The van der Waals surface area contributed by atoms with Crippen molar-refractivity contribution in [2.75, 3.05) is 5.32 Å². The van der Waals surface area contributed by atoms with E-state index in [9.17, 15) is 17.6 Å². The number of benzene rings is 1. The van der Waals surface area contributed by atoms with Crippen molar-refractivity contribution < 1.29 is 17.6 Å². The molecule has 0 atom stereocenters. The maximum atomic E-state index is 13.6. The first kappa shape index (κ1) is 15.1. The van der Waals surface area contributed by atoms with Crippen LogP contribution in [0.5, 0.6) is 0 Å². The summed E-state index contributed by atoms with van der Waals surface area (Å²) in [7, 11) is -3.97. The molecule has 0 saturated carbocycles. The van der Waals surface area contributed by atoms with Crippen LogP contribution in [0.1, 0.15) is 6.42 Å². The van der Waals surface area contributed by atoms with Crippen molar-refractivity contribution in [3.05, 3.63) is 36.7 Å². The van der Waals surface area contributed by atoms with E-state index in [-0.39, 0.29) is 23.5 Å². The molecule has 0 spiro atoms. The zero-order valence-electron chi connectivity index (χ0n) is 10.7. The highest BCUT2D eigenvalue weighted by atomic mass is 32.2. The van der Waals surface area contributed by atoms with Gasteiger partial charge in [-0.15, -0.1) is 0 Å². The first-order valence-corrected chi connectivity index (χ1v) is 7.35. The van der Waals surface area contributed by atoms with Gasteiger partial charge in [-0.25, -0.2) is 22.9 Å². The van der Waals surface area contributed by atoms with Crippen LogP contribution in [-0.4, -0.2) is 29.1 Å². The molecule has 1 heterocycles.